The first-order valence-electron chi connectivity index (χ1n) is 7.88. The number of hydrogen-bond donors (Lipinski definition) is 1. The van der Waals surface area contributed by atoms with Crippen molar-refractivity contribution in [1.82, 2.24) is 10.2 Å². The molecule has 1 aliphatic rings. The third kappa shape index (κ3) is 5.23. The van der Waals surface area contributed by atoms with Crippen LogP contribution in [0.3, 0.4) is 0 Å². The average molecular weight is 276 g/mol. The first-order valence-corrected chi connectivity index (χ1v) is 7.88. The van der Waals surface area contributed by atoms with E-state index in [2.05, 4.69) is 40.5 Å². The number of piperidine rings is 1. The third-order valence-electron chi connectivity index (χ3n) is 4.14. The highest BCUT2D eigenvalue weighted by Gasteiger charge is 2.21. The molecule has 1 aromatic carbocycles. The first-order chi connectivity index (χ1) is 9.90. The van der Waals surface area contributed by atoms with E-state index in [1.807, 2.05) is 0 Å². The van der Waals surface area contributed by atoms with Crippen LogP contribution >= 0.6 is 0 Å². The van der Waals surface area contributed by atoms with Crippen LogP contribution in [0, 0.1) is 0 Å². The lowest BCUT2D eigenvalue weighted by molar-refractivity contribution is 0.142. The van der Waals surface area contributed by atoms with Crippen LogP contribution in [0.15, 0.2) is 30.3 Å². The normalized spacial score (nSPS) is 20.1. The molecular formula is C17H28N2O. The van der Waals surface area contributed by atoms with Crippen LogP contribution in [0.4, 0.5) is 0 Å². The summed E-state index contributed by atoms with van der Waals surface area (Å²) in [5.74, 6) is 0. The number of benzene rings is 1. The highest BCUT2D eigenvalue weighted by atomic mass is 16.5. The standard InChI is InChI=1S/C17H28N2O/c1-20-14-11-18-15-17-9-5-6-12-19(17)13-10-16-7-3-2-4-8-16/h2-4,7-8,17-18H,5-6,9-15H2,1H3. The maximum Gasteiger partial charge on any atom is 0.0587 e. The lowest BCUT2D eigenvalue weighted by Crippen LogP contribution is -2.46. The van der Waals surface area contributed by atoms with E-state index in [0.29, 0.717) is 6.04 Å². The number of hydrogen-bond acceptors (Lipinski definition) is 3. The minimum atomic E-state index is 0.698. The summed E-state index contributed by atoms with van der Waals surface area (Å²) in [6, 6.07) is 11.5. The smallest absolute Gasteiger partial charge is 0.0587 e. The van der Waals surface area contributed by atoms with Gasteiger partial charge in [-0.3, -0.25) is 4.90 Å². The zero-order valence-electron chi connectivity index (χ0n) is 12.7. The van der Waals surface area contributed by atoms with Crippen molar-refractivity contribution >= 4 is 0 Å². The number of ether oxygens (including phenoxy) is 1. The zero-order chi connectivity index (χ0) is 14.0. The molecule has 1 N–H and O–H groups in total. The highest BCUT2D eigenvalue weighted by molar-refractivity contribution is 5.14. The van der Waals surface area contributed by atoms with E-state index < -0.39 is 0 Å². The van der Waals surface area contributed by atoms with Gasteiger partial charge in [0.05, 0.1) is 6.61 Å². The number of nitrogens with zero attached hydrogens (tertiary/aromatic N) is 1. The highest BCUT2D eigenvalue weighted by Crippen LogP contribution is 2.17. The predicted molar refractivity (Wildman–Crippen MR) is 84.1 cm³/mol. The molecule has 0 bridgehead atoms. The van der Waals surface area contributed by atoms with Gasteiger partial charge in [0.25, 0.3) is 0 Å². The molecule has 0 aromatic heterocycles. The molecule has 112 valence electrons. The molecule has 1 atom stereocenters. The van der Waals surface area contributed by atoms with Gasteiger partial charge in [-0.25, -0.2) is 0 Å². The van der Waals surface area contributed by atoms with Crippen molar-refractivity contribution in [2.24, 2.45) is 0 Å². The fraction of sp³-hybridized carbons (Fsp3) is 0.647. The van der Waals surface area contributed by atoms with Gasteiger partial charge in [-0.15, -0.1) is 0 Å². The summed E-state index contributed by atoms with van der Waals surface area (Å²) in [6.45, 7) is 5.29. The van der Waals surface area contributed by atoms with Gasteiger partial charge in [0.1, 0.15) is 0 Å². The molecule has 20 heavy (non-hydrogen) atoms. The second-order valence-electron chi connectivity index (χ2n) is 5.62. The Bertz CT molecular complexity index is 355. The zero-order valence-corrected chi connectivity index (χ0v) is 12.7. The third-order valence-corrected chi connectivity index (χ3v) is 4.14. The molecule has 3 heteroatoms. The summed E-state index contributed by atoms with van der Waals surface area (Å²) in [5, 5.41) is 3.52. The van der Waals surface area contributed by atoms with E-state index in [-0.39, 0.29) is 0 Å². The summed E-state index contributed by atoms with van der Waals surface area (Å²) >= 11 is 0. The van der Waals surface area contributed by atoms with E-state index in [4.69, 9.17) is 4.74 Å². The van der Waals surface area contributed by atoms with Crippen LogP contribution in [0.25, 0.3) is 0 Å². The van der Waals surface area contributed by atoms with Crippen LogP contribution in [0.5, 0.6) is 0 Å². The molecule has 1 fully saturated rings. The molecule has 1 saturated heterocycles. The lowest BCUT2D eigenvalue weighted by Gasteiger charge is -2.36. The minimum absolute atomic E-state index is 0.698. The molecule has 2 rings (SSSR count). The SMILES string of the molecule is COCCNCC1CCCCN1CCc1ccccc1. The van der Waals surface area contributed by atoms with Crippen molar-refractivity contribution in [2.75, 3.05) is 39.9 Å². The van der Waals surface area contributed by atoms with Crippen molar-refractivity contribution in [3.05, 3.63) is 35.9 Å². The molecule has 0 saturated carbocycles. The number of methoxy groups -OCH3 is 1. The molecule has 0 aliphatic carbocycles. The van der Waals surface area contributed by atoms with Crippen molar-refractivity contribution < 1.29 is 4.74 Å². The monoisotopic (exact) mass is 276 g/mol. The van der Waals surface area contributed by atoms with E-state index >= 15 is 0 Å². The van der Waals surface area contributed by atoms with Crippen molar-refractivity contribution in [3.8, 4) is 0 Å². The van der Waals surface area contributed by atoms with Crippen molar-refractivity contribution in [3.63, 3.8) is 0 Å². The fourth-order valence-electron chi connectivity index (χ4n) is 2.95. The summed E-state index contributed by atoms with van der Waals surface area (Å²) in [4.78, 5) is 2.66. The van der Waals surface area contributed by atoms with Gasteiger partial charge in [-0.05, 0) is 31.4 Å². The fourth-order valence-corrected chi connectivity index (χ4v) is 2.95. The predicted octanol–water partition coefficient (Wildman–Crippen LogP) is 2.32. The molecule has 3 nitrogen and oxygen atoms in total. The largest absolute Gasteiger partial charge is 0.383 e. The molecule has 0 amide bonds. The Labute approximate surface area is 123 Å². The summed E-state index contributed by atoms with van der Waals surface area (Å²) in [7, 11) is 1.76. The van der Waals surface area contributed by atoms with Gasteiger partial charge in [-0.2, -0.15) is 0 Å². The minimum Gasteiger partial charge on any atom is -0.383 e. The number of nitrogens with one attached hydrogen (secondary N) is 1. The Morgan fingerprint density at radius 2 is 2.10 bits per heavy atom. The second kappa shape index (κ2) is 9.11. The molecule has 1 heterocycles. The maximum absolute atomic E-state index is 5.09. The Morgan fingerprint density at radius 3 is 2.90 bits per heavy atom. The molecular weight excluding hydrogens is 248 g/mol. The summed E-state index contributed by atoms with van der Waals surface area (Å²) in [6.07, 6.45) is 5.21. The molecule has 1 aromatic rings. The van der Waals surface area contributed by atoms with Crippen molar-refractivity contribution in [2.45, 2.75) is 31.7 Å². The number of rotatable bonds is 8. The molecule has 0 spiro atoms. The van der Waals surface area contributed by atoms with Crippen LogP contribution in [-0.2, 0) is 11.2 Å². The van der Waals surface area contributed by atoms with Gasteiger partial charge in [0, 0.05) is 32.8 Å². The Hall–Kier alpha value is -0.900. The topological polar surface area (TPSA) is 24.5 Å². The maximum atomic E-state index is 5.09. The van der Waals surface area contributed by atoms with Crippen LogP contribution in [-0.4, -0.2) is 50.8 Å². The van der Waals surface area contributed by atoms with Gasteiger partial charge < -0.3 is 10.1 Å². The van der Waals surface area contributed by atoms with E-state index in [1.165, 1.54) is 37.9 Å². The van der Waals surface area contributed by atoms with Crippen LogP contribution in [0.1, 0.15) is 24.8 Å². The summed E-state index contributed by atoms with van der Waals surface area (Å²) in [5.41, 5.74) is 1.45. The van der Waals surface area contributed by atoms with E-state index in [9.17, 15) is 0 Å². The van der Waals surface area contributed by atoms with E-state index in [1.54, 1.807) is 7.11 Å². The Morgan fingerprint density at radius 1 is 1.25 bits per heavy atom. The van der Waals surface area contributed by atoms with Gasteiger partial charge in [0.2, 0.25) is 0 Å². The van der Waals surface area contributed by atoms with E-state index in [0.717, 1.165) is 26.1 Å². The quantitative estimate of drug-likeness (QED) is 0.738. The second-order valence-corrected chi connectivity index (χ2v) is 5.62. The average Bonchev–Trinajstić information content (AvgIpc) is 2.51. The lowest BCUT2D eigenvalue weighted by atomic mass is 10.0. The summed E-state index contributed by atoms with van der Waals surface area (Å²) < 4.78 is 5.09. The van der Waals surface area contributed by atoms with Crippen molar-refractivity contribution in [1.29, 1.82) is 0 Å². The molecule has 1 aliphatic heterocycles. The van der Waals surface area contributed by atoms with Crippen LogP contribution in [0.2, 0.25) is 0 Å². The van der Waals surface area contributed by atoms with Crippen LogP contribution < -0.4 is 5.32 Å². The molecule has 1 unspecified atom stereocenters. The number of likely N-dealkylation sites (tertiary alicyclic amines) is 1. The van der Waals surface area contributed by atoms with Gasteiger partial charge >= 0.3 is 0 Å². The Kier molecular flexibility index (Phi) is 7.06. The van der Waals surface area contributed by atoms with Gasteiger partial charge in [0.15, 0.2) is 0 Å². The molecule has 0 radical (unpaired) electrons. The first kappa shape index (κ1) is 15.5. The Balaban J connectivity index is 1.74. The van der Waals surface area contributed by atoms with Gasteiger partial charge in [-0.1, -0.05) is 36.8 Å².